The van der Waals surface area contributed by atoms with Gasteiger partial charge in [-0.15, -0.1) is 0 Å². The number of hydrogen-bond acceptors (Lipinski definition) is 4. The third-order valence-corrected chi connectivity index (χ3v) is 5.52. The van der Waals surface area contributed by atoms with E-state index in [1.165, 1.54) is 0 Å². The zero-order chi connectivity index (χ0) is 20.7. The molecule has 146 valence electrons. The fraction of sp³-hybridized carbons (Fsp3) is 0.0909. The largest absolute Gasteiger partial charge is 0.497 e. The second kappa shape index (κ2) is 7.43. The monoisotopic (exact) mass is 426 g/mol. The van der Waals surface area contributed by atoms with E-state index in [1.54, 1.807) is 31.4 Å². The second-order valence-electron chi connectivity index (χ2n) is 6.56. The van der Waals surface area contributed by atoms with Crippen molar-refractivity contribution in [1.82, 2.24) is 4.98 Å². The number of ether oxygens (including phenoxy) is 1. The van der Waals surface area contributed by atoms with Gasteiger partial charge >= 0.3 is 0 Å². The van der Waals surface area contributed by atoms with Crippen molar-refractivity contribution in [3.8, 4) is 5.75 Å². The van der Waals surface area contributed by atoms with E-state index >= 15 is 0 Å². The number of methoxy groups -OCH3 is 1. The highest BCUT2D eigenvalue weighted by Gasteiger charge is 2.35. The number of rotatable bonds is 4. The molecule has 0 bridgehead atoms. The van der Waals surface area contributed by atoms with E-state index in [2.05, 4.69) is 10.3 Å². The molecular weight excluding hydrogens is 411 g/mol. The maximum absolute atomic E-state index is 13.1. The highest BCUT2D eigenvalue weighted by Crippen LogP contribution is 2.39. The smallest absolute Gasteiger partial charge is 0.222 e. The number of H-pyrrole nitrogens is 1. The third-order valence-electron chi connectivity index (χ3n) is 4.79. The molecule has 0 spiro atoms. The number of carbonyl (C=O) groups is 2. The van der Waals surface area contributed by atoms with Gasteiger partial charge in [-0.1, -0.05) is 41.4 Å². The summed E-state index contributed by atoms with van der Waals surface area (Å²) >= 11 is 12.7. The van der Waals surface area contributed by atoms with Crippen LogP contribution in [-0.4, -0.2) is 23.7 Å². The molecule has 1 aliphatic rings. The number of allylic oxidation sites excluding steroid dienone is 3. The molecule has 1 aliphatic carbocycles. The van der Waals surface area contributed by atoms with Crippen LogP contribution in [0, 0.1) is 6.92 Å². The lowest BCUT2D eigenvalue weighted by atomic mass is 9.92. The fourth-order valence-corrected chi connectivity index (χ4v) is 3.90. The number of aromatic amines is 1. The Morgan fingerprint density at radius 1 is 0.931 bits per heavy atom. The Labute approximate surface area is 177 Å². The van der Waals surface area contributed by atoms with E-state index in [4.69, 9.17) is 27.9 Å². The molecule has 29 heavy (non-hydrogen) atoms. The zero-order valence-corrected chi connectivity index (χ0v) is 17.1. The number of carbonyl (C=O) groups excluding carboxylic acids is 2. The number of ketones is 2. The Hall–Kier alpha value is -3.02. The van der Waals surface area contributed by atoms with Crippen LogP contribution in [0.2, 0.25) is 0 Å². The molecule has 3 aromatic rings. The maximum atomic E-state index is 13.1. The molecule has 2 aromatic carbocycles. The molecule has 0 atom stereocenters. The van der Waals surface area contributed by atoms with Crippen molar-refractivity contribution in [3.05, 3.63) is 75.5 Å². The number of anilines is 1. The molecule has 0 unspecified atom stereocenters. The van der Waals surface area contributed by atoms with Crippen LogP contribution in [0.4, 0.5) is 5.69 Å². The summed E-state index contributed by atoms with van der Waals surface area (Å²) in [5, 5.41) is 3.34. The first-order valence-corrected chi connectivity index (χ1v) is 9.55. The van der Waals surface area contributed by atoms with Crippen molar-refractivity contribution in [1.29, 1.82) is 0 Å². The summed E-state index contributed by atoms with van der Waals surface area (Å²) in [7, 11) is 1.56. The molecular formula is C22H16Cl2N2O3. The van der Waals surface area contributed by atoms with Crippen molar-refractivity contribution in [2.45, 2.75) is 6.92 Å². The molecule has 7 heteroatoms. The average Bonchev–Trinajstić information content (AvgIpc) is 3.06. The molecule has 0 saturated heterocycles. The first-order chi connectivity index (χ1) is 13.9. The minimum absolute atomic E-state index is 0.0481. The van der Waals surface area contributed by atoms with Crippen LogP contribution in [-0.2, 0) is 9.59 Å². The molecule has 0 radical (unpaired) electrons. The van der Waals surface area contributed by atoms with Crippen molar-refractivity contribution in [2.75, 3.05) is 12.4 Å². The third kappa shape index (κ3) is 3.22. The summed E-state index contributed by atoms with van der Waals surface area (Å²) in [5.41, 5.74) is 2.81. The standard InChI is InChI=1S/C22H16Cl2N2O3/c1-11-16(14-5-3-4-6-15(14)25-11)17-18(23)22(28)20(19(24)21(17)27)26-12-7-9-13(29-2)10-8-12/h3-10,25-26H,1-2H3. The molecule has 4 rings (SSSR count). The Morgan fingerprint density at radius 2 is 1.62 bits per heavy atom. The lowest BCUT2D eigenvalue weighted by molar-refractivity contribution is -0.114. The van der Waals surface area contributed by atoms with Crippen LogP contribution in [0.3, 0.4) is 0 Å². The summed E-state index contributed by atoms with van der Waals surface area (Å²) in [6, 6.07) is 14.4. The zero-order valence-electron chi connectivity index (χ0n) is 15.6. The number of nitrogens with one attached hydrogen (secondary N) is 2. The number of para-hydroxylation sites is 1. The van der Waals surface area contributed by atoms with E-state index in [-0.39, 0.29) is 21.3 Å². The van der Waals surface area contributed by atoms with E-state index in [9.17, 15) is 9.59 Å². The van der Waals surface area contributed by atoms with Crippen LogP contribution in [0.5, 0.6) is 5.75 Å². The van der Waals surface area contributed by atoms with Gasteiger partial charge in [0.2, 0.25) is 11.6 Å². The predicted octanol–water partition coefficient (Wildman–Crippen LogP) is 5.15. The van der Waals surface area contributed by atoms with Gasteiger partial charge in [0.25, 0.3) is 0 Å². The summed E-state index contributed by atoms with van der Waals surface area (Å²) in [4.78, 5) is 29.3. The summed E-state index contributed by atoms with van der Waals surface area (Å²) < 4.78 is 5.12. The highest BCUT2D eigenvalue weighted by atomic mass is 35.5. The van der Waals surface area contributed by atoms with Gasteiger partial charge < -0.3 is 15.0 Å². The minimum atomic E-state index is -0.535. The van der Waals surface area contributed by atoms with E-state index < -0.39 is 11.6 Å². The number of benzene rings is 2. The molecule has 1 aromatic heterocycles. The minimum Gasteiger partial charge on any atom is -0.497 e. The Kier molecular flexibility index (Phi) is 4.94. The fourth-order valence-electron chi connectivity index (χ4n) is 3.40. The number of Topliss-reactive ketones (excluding diaryl/α,β-unsaturated/α-hetero) is 2. The molecule has 5 nitrogen and oxygen atoms in total. The van der Waals surface area contributed by atoms with Crippen LogP contribution in [0.15, 0.2) is 64.3 Å². The van der Waals surface area contributed by atoms with Crippen molar-refractivity contribution >= 4 is 56.9 Å². The maximum Gasteiger partial charge on any atom is 0.222 e. The summed E-state index contributed by atoms with van der Waals surface area (Å²) in [5.74, 6) is -0.372. The van der Waals surface area contributed by atoms with E-state index in [1.807, 2.05) is 31.2 Å². The molecule has 0 saturated carbocycles. The van der Waals surface area contributed by atoms with Gasteiger partial charge in [-0.3, -0.25) is 9.59 Å². The summed E-state index contributed by atoms with van der Waals surface area (Å²) in [6.45, 7) is 1.83. The predicted molar refractivity (Wildman–Crippen MR) is 115 cm³/mol. The van der Waals surface area contributed by atoms with Gasteiger partial charge in [-0.05, 0) is 37.3 Å². The highest BCUT2D eigenvalue weighted by molar-refractivity contribution is 6.63. The van der Waals surface area contributed by atoms with Crippen molar-refractivity contribution < 1.29 is 14.3 Å². The molecule has 2 N–H and O–H groups in total. The Balaban J connectivity index is 1.77. The van der Waals surface area contributed by atoms with Crippen molar-refractivity contribution in [2.24, 2.45) is 0 Å². The van der Waals surface area contributed by atoms with Gasteiger partial charge in [-0.25, -0.2) is 0 Å². The van der Waals surface area contributed by atoms with Crippen LogP contribution >= 0.6 is 23.2 Å². The van der Waals surface area contributed by atoms with Gasteiger partial charge in [0, 0.05) is 27.8 Å². The van der Waals surface area contributed by atoms with Crippen molar-refractivity contribution in [3.63, 3.8) is 0 Å². The molecule has 1 heterocycles. The number of halogens is 2. The number of fused-ring (bicyclic) bond motifs is 1. The quantitative estimate of drug-likeness (QED) is 0.565. The first kappa shape index (κ1) is 19.3. The van der Waals surface area contributed by atoms with Crippen LogP contribution in [0.25, 0.3) is 16.5 Å². The molecule has 0 amide bonds. The van der Waals surface area contributed by atoms with Gasteiger partial charge in [-0.2, -0.15) is 0 Å². The average molecular weight is 427 g/mol. The van der Waals surface area contributed by atoms with Gasteiger partial charge in [0.15, 0.2) is 0 Å². The molecule has 0 fully saturated rings. The lowest BCUT2D eigenvalue weighted by Crippen LogP contribution is -2.24. The van der Waals surface area contributed by atoms with E-state index in [0.717, 1.165) is 16.6 Å². The number of aromatic nitrogens is 1. The first-order valence-electron chi connectivity index (χ1n) is 8.80. The SMILES string of the molecule is COc1ccc(NC2=C(Cl)C(=O)C(c3c(C)[nH]c4ccccc34)=C(Cl)C2=O)cc1. The number of hydrogen-bond donors (Lipinski definition) is 2. The van der Waals surface area contributed by atoms with Gasteiger partial charge in [0.05, 0.1) is 12.7 Å². The van der Waals surface area contributed by atoms with E-state index in [0.29, 0.717) is 17.0 Å². The Bertz CT molecular complexity index is 1220. The molecule has 0 aliphatic heterocycles. The normalized spacial score (nSPS) is 14.8. The van der Waals surface area contributed by atoms with Crippen LogP contribution < -0.4 is 10.1 Å². The second-order valence-corrected chi connectivity index (χ2v) is 7.32. The van der Waals surface area contributed by atoms with Gasteiger partial charge in [0.1, 0.15) is 21.5 Å². The lowest BCUT2D eigenvalue weighted by Gasteiger charge is -2.19. The number of aryl methyl sites for hydroxylation is 1. The topological polar surface area (TPSA) is 71.2 Å². The van der Waals surface area contributed by atoms with Crippen LogP contribution in [0.1, 0.15) is 11.3 Å². The Morgan fingerprint density at radius 3 is 2.31 bits per heavy atom. The summed E-state index contributed by atoms with van der Waals surface area (Å²) in [6.07, 6.45) is 0.